The van der Waals surface area contributed by atoms with Crippen LogP contribution in [0.1, 0.15) is 40.1 Å². The third-order valence-corrected chi connectivity index (χ3v) is 10.6. The summed E-state index contributed by atoms with van der Waals surface area (Å²) in [5, 5.41) is 2.09. The van der Waals surface area contributed by atoms with Crippen molar-refractivity contribution in [2.24, 2.45) is 0 Å². The van der Waals surface area contributed by atoms with Gasteiger partial charge in [-0.1, -0.05) is 30.3 Å². The van der Waals surface area contributed by atoms with Crippen molar-refractivity contribution < 1.29 is 26.4 Å². The summed E-state index contributed by atoms with van der Waals surface area (Å²) < 4.78 is 67.2. The Morgan fingerprint density at radius 2 is 1.79 bits per heavy atom. The third kappa shape index (κ3) is 5.50. The quantitative estimate of drug-likeness (QED) is 0.431. The monoisotopic (exact) mass is 577 g/mol. The second-order valence-corrected chi connectivity index (χ2v) is 13.0. The van der Waals surface area contributed by atoms with E-state index in [1.165, 1.54) is 20.8 Å². The number of sulfonamides is 1. The minimum Gasteiger partial charge on any atom is -0.339 e. The molecule has 0 radical (unpaired) electrons. The van der Waals surface area contributed by atoms with Crippen molar-refractivity contribution in [2.75, 3.05) is 32.7 Å². The lowest BCUT2D eigenvalue weighted by atomic mass is 9.90. The maximum atomic E-state index is 13.5. The molecule has 2 atom stereocenters. The van der Waals surface area contributed by atoms with Crippen LogP contribution in [-0.2, 0) is 27.4 Å². The molecule has 1 saturated heterocycles. The second-order valence-electron chi connectivity index (χ2n) is 10.1. The van der Waals surface area contributed by atoms with Crippen molar-refractivity contribution in [3.63, 3.8) is 0 Å². The first kappa shape index (κ1) is 27.8. The molecule has 3 heterocycles. The van der Waals surface area contributed by atoms with Gasteiger partial charge in [0.25, 0.3) is 0 Å². The maximum Gasteiger partial charge on any atom is 0.416 e. The minimum atomic E-state index is -4.64. The topological polar surface area (TPSA) is 60.9 Å². The van der Waals surface area contributed by atoms with Crippen LogP contribution in [0.5, 0.6) is 0 Å². The highest BCUT2D eigenvalue weighted by molar-refractivity contribution is 7.89. The Balaban J connectivity index is 1.31. The maximum absolute atomic E-state index is 13.5. The van der Waals surface area contributed by atoms with Gasteiger partial charge in [-0.05, 0) is 66.6 Å². The number of hydrogen-bond acceptors (Lipinski definition) is 5. The molecule has 2 aromatic carbocycles. The molecule has 0 spiro atoms. The van der Waals surface area contributed by atoms with Crippen LogP contribution in [0, 0.1) is 6.92 Å². The molecule has 11 heteroatoms. The molecule has 0 aliphatic carbocycles. The van der Waals surface area contributed by atoms with E-state index in [4.69, 9.17) is 0 Å². The number of fused-ring (bicyclic) bond motifs is 1. The van der Waals surface area contributed by atoms with E-state index in [2.05, 4.69) is 35.4 Å². The standard InChI is InChI=1S/C28H30F3N3O3S2/c1-19-6-3-4-9-23(19)27-24-11-15-38-25(24)10-12-33(27)18-26(35)32-13-14-34(20(2)17-32)39(36,37)22-8-5-7-21(16-22)28(29,30)31/h3-9,11,15-16,20,27H,10,12-14,17-18H2,1-2H3. The number of piperazine rings is 1. The molecule has 0 bridgehead atoms. The molecule has 39 heavy (non-hydrogen) atoms. The normalized spacial score (nSPS) is 21.1. The number of halogens is 3. The van der Waals surface area contributed by atoms with E-state index in [0.717, 1.165) is 36.2 Å². The molecule has 2 unspecified atom stereocenters. The fraction of sp³-hybridized carbons (Fsp3) is 0.393. The molecule has 5 rings (SSSR count). The van der Waals surface area contributed by atoms with Gasteiger partial charge in [0.15, 0.2) is 0 Å². The number of nitrogens with zero attached hydrogens (tertiary/aromatic N) is 3. The molecule has 208 valence electrons. The molecular weight excluding hydrogens is 547 g/mol. The lowest BCUT2D eigenvalue weighted by Gasteiger charge is -2.41. The number of benzene rings is 2. The summed E-state index contributed by atoms with van der Waals surface area (Å²) in [5.41, 5.74) is 2.53. The summed E-state index contributed by atoms with van der Waals surface area (Å²) in [6, 6.07) is 13.5. The van der Waals surface area contributed by atoms with E-state index < -0.39 is 32.7 Å². The van der Waals surface area contributed by atoms with Crippen molar-refractivity contribution in [3.8, 4) is 0 Å². The molecule has 2 aliphatic heterocycles. The predicted molar refractivity (Wildman–Crippen MR) is 144 cm³/mol. The summed E-state index contributed by atoms with van der Waals surface area (Å²) in [5.74, 6) is -0.0877. The van der Waals surface area contributed by atoms with Gasteiger partial charge >= 0.3 is 6.18 Å². The van der Waals surface area contributed by atoms with Crippen LogP contribution in [0.3, 0.4) is 0 Å². The summed E-state index contributed by atoms with van der Waals surface area (Å²) >= 11 is 1.73. The molecule has 1 amide bonds. The summed E-state index contributed by atoms with van der Waals surface area (Å²) in [6.45, 7) is 5.04. The predicted octanol–water partition coefficient (Wildman–Crippen LogP) is 4.94. The molecule has 6 nitrogen and oxygen atoms in total. The number of aryl methyl sites for hydroxylation is 1. The Hall–Kier alpha value is -2.73. The van der Waals surface area contributed by atoms with Crippen molar-refractivity contribution in [1.29, 1.82) is 0 Å². The Kier molecular flexibility index (Phi) is 7.62. The van der Waals surface area contributed by atoms with Gasteiger partial charge in [0.05, 0.1) is 23.0 Å². The van der Waals surface area contributed by atoms with Crippen LogP contribution in [0.4, 0.5) is 13.2 Å². The Bertz CT molecular complexity index is 1470. The zero-order valence-electron chi connectivity index (χ0n) is 21.7. The van der Waals surface area contributed by atoms with E-state index in [1.54, 1.807) is 23.2 Å². The summed E-state index contributed by atoms with van der Waals surface area (Å²) in [6.07, 6.45) is -3.78. The number of carbonyl (C=O) groups excluding carboxylic acids is 1. The van der Waals surface area contributed by atoms with Crippen LogP contribution in [-0.4, -0.2) is 67.2 Å². The Morgan fingerprint density at radius 1 is 1.03 bits per heavy atom. The summed E-state index contributed by atoms with van der Waals surface area (Å²) in [7, 11) is -4.16. The number of hydrogen-bond donors (Lipinski definition) is 0. The lowest BCUT2D eigenvalue weighted by molar-refractivity contribution is -0.138. The van der Waals surface area contributed by atoms with Gasteiger partial charge in [-0.15, -0.1) is 11.3 Å². The van der Waals surface area contributed by atoms with Crippen LogP contribution in [0.15, 0.2) is 64.9 Å². The van der Waals surface area contributed by atoms with E-state index in [-0.39, 0.29) is 38.1 Å². The highest BCUT2D eigenvalue weighted by Crippen LogP contribution is 2.39. The largest absolute Gasteiger partial charge is 0.416 e. The number of thiophene rings is 1. The average molecular weight is 578 g/mol. The molecule has 3 aromatic rings. The van der Waals surface area contributed by atoms with Crippen molar-refractivity contribution in [2.45, 2.75) is 43.4 Å². The third-order valence-electron chi connectivity index (χ3n) is 7.57. The van der Waals surface area contributed by atoms with Gasteiger partial charge in [-0.3, -0.25) is 9.69 Å². The highest BCUT2D eigenvalue weighted by atomic mass is 32.2. The van der Waals surface area contributed by atoms with Crippen LogP contribution in [0.2, 0.25) is 0 Å². The van der Waals surface area contributed by atoms with Gasteiger partial charge in [0.2, 0.25) is 15.9 Å². The highest BCUT2D eigenvalue weighted by Gasteiger charge is 2.38. The zero-order chi connectivity index (χ0) is 27.9. The number of amides is 1. The second kappa shape index (κ2) is 10.7. The zero-order valence-corrected chi connectivity index (χ0v) is 23.3. The average Bonchev–Trinajstić information content (AvgIpc) is 3.37. The minimum absolute atomic E-state index is 0.0153. The first-order valence-electron chi connectivity index (χ1n) is 12.8. The Labute approximate surface area is 230 Å². The molecular formula is C28H30F3N3O3S2. The van der Waals surface area contributed by atoms with Gasteiger partial charge in [-0.2, -0.15) is 17.5 Å². The van der Waals surface area contributed by atoms with Gasteiger partial charge < -0.3 is 4.90 Å². The molecule has 2 aliphatic rings. The first-order chi connectivity index (χ1) is 18.5. The van der Waals surface area contributed by atoms with E-state index in [1.807, 2.05) is 12.1 Å². The molecule has 0 saturated carbocycles. The van der Waals surface area contributed by atoms with Crippen LogP contribution in [0.25, 0.3) is 0 Å². The molecule has 0 N–H and O–H groups in total. The Morgan fingerprint density at radius 3 is 2.51 bits per heavy atom. The van der Waals surface area contributed by atoms with Gasteiger partial charge in [0, 0.05) is 37.1 Å². The van der Waals surface area contributed by atoms with Crippen molar-refractivity contribution in [3.05, 3.63) is 87.1 Å². The van der Waals surface area contributed by atoms with E-state index in [0.29, 0.717) is 6.07 Å². The van der Waals surface area contributed by atoms with Crippen LogP contribution >= 0.6 is 11.3 Å². The van der Waals surface area contributed by atoms with Crippen molar-refractivity contribution in [1.82, 2.24) is 14.1 Å². The fourth-order valence-electron chi connectivity index (χ4n) is 5.56. The lowest BCUT2D eigenvalue weighted by Crippen LogP contribution is -2.57. The first-order valence-corrected chi connectivity index (χ1v) is 15.1. The molecule has 1 fully saturated rings. The number of alkyl halides is 3. The molecule has 1 aromatic heterocycles. The van der Waals surface area contributed by atoms with E-state index >= 15 is 0 Å². The van der Waals surface area contributed by atoms with E-state index in [9.17, 15) is 26.4 Å². The van der Waals surface area contributed by atoms with Crippen molar-refractivity contribution >= 4 is 27.3 Å². The summed E-state index contributed by atoms with van der Waals surface area (Å²) in [4.78, 5) is 18.3. The fourth-order valence-corrected chi connectivity index (χ4v) is 8.13. The van der Waals surface area contributed by atoms with Crippen LogP contribution < -0.4 is 0 Å². The van der Waals surface area contributed by atoms with Gasteiger partial charge in [0.1, 0.15) is 0 Å². The number of rotatable bonds is 5. The smallest absolute Gasteiger partial charge is 0.339 e. The SMILES string of the molecule is Cc1ccccc1C1c2ccsc2CCN1CC(=O)N1CCN(S(=O)(=O)c2cccc(C(F)(F)F)c2)C(C)C1. The number of carbonyl (C=O) groups is 1. The van der Waals surface area contributed by atoms with Gasteiger partial charge in [-0.25, -0.2) is 8.42 Å².